The predicted octanol–water partition coefficient (Wildman–Crippen LogP) is 11.1. The average Bonchev–Trinajstić information content (AvgIpc) is 3.40. The summed E-state index contributed by atoms with van der Waals surface area (Å²) in [5, 5.41) is 1.37. The summed E-state index contributed by atoms with van der Waals surface area (Å²) in [5.74, 6) is 0.657. The molecular formula is C41H26Cl2N2. The molecule has 45 heavy (non-hydrogen) atoms. The van der Waals surface area contributed by atoms with Gasteiger partial charge < -0.3 is 0 Å². The fraction of sp³-hybridized carbons (Fsp3) is 0.0244. The van der Waals surface area contributed by atoms with Crippen LogP contribution < -0.4 is 0 Å². The van der Waals surface area contributed by atoms with Crippen molar-refractivity contribution in [2.45, 2.75) is 5.41 Å². The molecule has 0 radical (unpaired) electrons. The van der Waals surface area contributed by atoms with E-state index in [1.54, 1.807) is 0 Å². The average molecular weight is 618 g/mol. The standard InChI is InChI=1S/C41H26Cl2N2/c42-32-20-15-27(16-21-32)38-26-39(28-17-22-33(43)23-18-28)45-40(44-38)29-19-24-37-35(25-29)34-13-7-8-14-36(34)41(37,30-9-3-1-4-10-30)31-11-5-2-6-12-31/h1-26H. The van der Waals surface area contributed by atoms with Gasteiger partial charge in [0.05, 0.1) is 16.8 Å². The lowest BCUT2D eigenvalue weighted by molar-refractivity contribution is 0.768. The fourth-order valence-corrected chi connectivity index (χ4v) is 6.95. The summed E-state index contributed by atoms with van der Waals surface area (Å²) in [6.07, 6.45) is 0. The number of hydrogen-bond donors (Lipinski definition) is 0. The van der Waals surface area contributed by atoms with E-state index in [-0.39, 0.29) is 0 Å². The normalized spacial score (nSPS) is 12.8. The Bertz CT molecular complexity index is 2050. The van der Waals surface area contributed by atoms with Crippen LogP contribution in [-0.2, 0) is 5.41 Å². The first-order valence-corrected chi connectivity index (χ1v) is 15.6. The molecule has 0 spiro atoms. The molecule has 0 unspecified atom stereocenters. The van der Waals surface area contributed by atoms with Gasteiger partial charge in [0.25, 0.3) is 0 Å². The van der Waals surface area contributed by atoms with E-state index < -0.39 is 5.41 Å². The van der Waals surface area contributed by atoms with Gasteiger partial charge in [0.15, 0.2) is 5.82 Å². The van der Waals surface area contributed by atoms with Gasteiger partial charge in [-0.1, -0.05) is 145 Å². The van der Waals surface area contributed by atoms with Gasteiger partial charge in [-0.15, -0.1) is 0 Å². The van der Waals surface area contributed by atoms with Crippen molar-refractivity contribution in [2.75, 3.05) is 0 Å². The first-order chi connectivity index (χ1) is 22.1. The van der Waals surface area contributed by atoms with E-state index >= 15 is 0 Å². The van der Waals surface area contributed by atoms with Crippen molar-refractivity contribution in [3.63, 3.8) is 0 Å². The van der Waals surface area contributed by atoms with E-state index in [0.29, 0.717) is 15.9 Å². The summed E-state index contributed by atoms with van der Waals surface area (Å²) in [5.41, 5.74) is 11.5. The van der Waals surface area contributed by atoms with Crippen molar-refractivity contribution < 1.29 is 0 Å². The molecule has 0 aliphatic heterocycles. The third kappa shape index (κ3) is 4.66. The summed E-state index contributed by atoms with van der Waals surface area (Å²) in [6.45, 7) is 0. The molecule has 6 aromatic carbocycles. The second-order valence-corrected chi connectivity index (χ2v) is 12.1. The highest BCUT2D eigenvalue weighted by Gasteiger charge is 2.46. The zero-order chi connectivity index (χ0) is 30.4. The molecule has 1 aliphatic carbocycles. The van der Waals surface area contributed by atoms with Crippen molar-refractivity contribution in [2.24, 2.45) is 0 Å². The van der Waals surface area contributed by atoms with Gasteiger partial charge in [0.2, 0.25) is 0 Å². The topological polar surface area (TPSA) is 25.8 Å². The maximum atomic E-state index is 6.23. The Morgan fingerprint density at radius 3 is 1.42 bits per heavy atom. The summed E-state index contributed by atoms with van der Waals surface area (Å²) in [7, 11) is 0. The number of benzene rings is 6. The van der Waals surface area contributed by atoms with Crippen LogP contribution in [-0.4, -0.2) is 9.97 Å². The van der Waals surface area contributed by atoms with Gasteiger partial charge in [-0.25, -0.2) is 9.97 Å². The molecule has 0 bridgehead atoms. The maximum Gasteiger partial charge on any atom is 0.160 e. The highest BCUT2D eigenvalue weighted by atomic mass is 35.5. The van der Waals surface area contributed by atoms with Crippen molar-refractivity contribution in [1.82, 2.24) is 9.97 Å². The molecule has 4 heteroatoms. The van der Waals surface area contributed by atoms with Crippen LogP contribution in [0.25, 0.3) is 45.0 Å². The number of aromatic nitrogens is 2. The zero-order valence-electron chi connectivity index (χ0n) is 24.2. The third-order valence-electron chi connectivity index (χ3n) is 8.72. The minimum atomic E-state index is -0.451. The Kier molecular flexibility index (Phi) is 6.83. The summed E-state index contributed by atoms with van der Waals surface area (Å²) in [4.78, 5) is 10.2. The molecule has 0 atom stereocenters. The molecule has 214 valence electrons. The van der Waals surface area contributed by atoms with E-state index in [2.05, 4.69) is 103 Å². The molecular weight excluding hydrogens is 591 g/mol. The highest BCUT2D eigenvalue weighted by molar-refractivity contribution is 6.31. The van der Waals surface area contributed by atoms with Gasteiger partial charge >= 0.3 is 0 Å². The van der Waals surface area contributed by atoms with Crippen LogP contribution in [0.1, 0.15) is 22.3 Å². The molecule has 1 heterocycles. The largest absolute Gasteiger partial charge is 0.228 e. The van der Waals surface area contributed by atoms with Crippen LogP contribution in [0.3, 0.4) is 0 Å². The quantitative estimate of drug-likeness (QED) is 0.192. The minimum Gasteiger partial charge on any atom is -0.228 e. The Morgan fingerprint density at radius 1 is 0.400 bits per heavy atom. The van der Waals surface area contributed by atoms with Gasteiger partial charge in [-0.3, -0.25) is 0 Å². The van der Waals surface area contributed by atoms with Gasteiger partial charge in [0.1, 0.15) is 0 Å². The molecule has 1 aliphatic rings. The zero-order valence-corrected chi connectivity index (χ0v) is 25.7. The smallest absolute Gasteiger partial charge is 0.160 e. The van der Waals surface area contributed by atoms with Crippen LogP contribution in [0.2, 0.25) is 10.0 Å². The number of hydrogen-bond acceptors (Lipinski definition) is 2. The van der Waals surface area contributed by atoms with Crippen LogP contribution in [0, 0.1) is 0 Å². The Balaban J connectivity index is 1.36. The minimum absolute atomic E-state index is 0.451. The summed E-state index contributed by atoms with van der Waals surface area (Å²) >= 11 is 12.5. The fourth-order valence-electron chi connectivity index (χ4n) is 6.70. The molecule has 7 aromatic rings. The molecule has 2 nitrogen and oxygen atoms in total. The van der Waals surface area contributed by atoms with Crippen LogP contribution in [0.5, 0.6) is 0 Å². The molecule has 0 N–H and O–H groups in total. The van der Waals surface area contributed by atoms with Crippen molar-refractivity contribution in [3.8, 4) is 45.0 Å². The molecule has 0 amide bonds. The highest BCUT2D eigenvalue weighted by Crippen LogP contribution is 2.56. The number of nitrogens with zero attached hydrogens (tertiary/aromatic N) is 2. The lowest BCUT2D eigenvalue weighted by Crippen LogP contribution is -2.28. The molecule has 0 saturated heterocycles. The molecule has 0 fully saturated rings. The lowest BCUT2D eigenvalue weighted by Gasteiger charge is -2.33. The van der Waals surface area contributed by atoms with E-state index in [4.69, 9.17) is 33.2 Å². The second kappa shape index (κ2) is 11.2. The summed E-state index contributed by atoms with van der Waals surface area (Å²) < 4.78 is 0. The SMILES string of the molecule is Clc1ccc(-c2cc(-c3ccc(Cl)cc3)nc(-c3ccc4c(c3)-c3ccccc3C4(c3ccccc3)c3ccccc3)n2)cc1. The van der Waals surface area contributed by atoms with Crippen molar-refractivity contribution in [3.05, 3.63) is 190 Å². The van der Waals surface area contributed by atoms with Crippen molar-refractivity contribution in [1.29, 1.82) is 0 Å². The number of rotatable bonds is 5. The first kappa shape index (κ1) is 27.5. The van der Waals surface area contributed by atoms with Gasteiger partial charge in [0, 0.05) is 26.7 Å². The van der Waals surface area contributed by atoms with E-state index in [0.717, 1.165) is 28.1 Å². The van der Waals surface area contributed by atoms with Gasteiger partial charge in [-0.05, 0) is 69.8 Å². The Labute approximate surface area is 272 Å². The monoisotopic (exact) mass is 616 g/mol. The van der Waals surface area contributed by atoms with Crippen LogP contribution >= 0.6 is 23.2 Å². The number of fused-ring (bicyclic) bond motifs is 3. The van der Waals surface area contributed by atoms with Crippen molar-refractivity contribution >= 4 is 23.2 Å². The summed E-state index contributed by atoms with van der Waals surface area (Å²) in [6, 6.07) is 54.6. The third-order valence-corrected chi connectivity index (χ3v) is 9.23. The predicted molar refractivity (Wildman–Crippen MR) is 186 cm³/mol. The van der Waals surface area contributed by atoms with E-state index in [9.17, 15) is 0 Å². The molecule has 0 saturated carbocycles. The van der Waals surface area contributed by atoms with Crippen LogP contribution in [0.15, 0.2) is 158 Å². The van der Waals surface area contributed by atoms with Crippen LogP contribution in [0.4, 0.5) is 0 Å². The number of halogens is 2. The second-order valence-electron chi connectivity index (χ2n) is 11.3. The van der Waals surface area contributed by atoms with E-state index in [1.807, 2.05) is 54.6 Å². The first-order valence-electron chi connectivity index (χ1n) is 14.9. The Morgan fingerprint density at radius 2 is 0.867 bits per heavy atom. The molecule has 1 aromatic heterocycles. The molecule has 8 rings (SSSR count). The van der Waals surface area contributed by atoms with E-state index in [1.165, 1.54) is 33.4 Å². The van der Waals surface area contributed by atoms with Gasteiger partial charge in [-0.2, -0.15) is 0 Å². The lowest BCUT2D eigenvalue weighted by atomic mass is 9.67. The maximum absolute atomic E-state index is 6.23. The Hall–Kier alpha value is -5.02.